The highest BCUT2D eigenvalue weighted by Crippen LogP contribution is 2.03. The van der Waals surface area contributed by atoms with Crippen molar-refractivity contribution in [3.05, 3.63) is 18.2 Å². The molecule has 1 rings (SSSR count). The van der Waals surface area contributed by atoms with Crippen LogP contribution in [-0.2, 0) is 13.1 Å². The lowest BCUT2D eigenvalue weighted by atomic mass is 10.2. The van der Waals surface area contributed by atoms with Crippen LogP contribution < -0.4 is 5.32 Å². The maximum Gasteiger partial charge on any atom is 0.0948 e. The van der Waals surface area contributed by atoms with Crippen molar-refractivity contribution in [1.82, 2.24) is 14.9 Å². The van der Waals surface area contributed by atoms with Crippen LogP contribution in [0.3, 0.4) is 0 Å². The molecule has 1 heterocycles. The monoisotopic (exact) mass is 209 g/mol. The average Bonchev–Trinajstić information content (AvgIpc) is 2.67. The summed E-state index contributed by atoms with van der Waals surface area (Å²) in [6.45, 7) is 7.56. The van der Waals surface area contributed by atoms with E-state index in [0.717, 1.165) is 19.6 Å². The highest BCUT2D eigenvalue weighted by molar-refractivity contribution is 4.97. The second-order valence-corrected chi connectivity index (χ2v) is 3.96. The number of aromatic nitrogens is 2. The molecule has 0 atom stereocenters. The zero-order chi connectivity index (χ0) is 10.9. The van der Waals surface area contributed by atoms with Crippen molar-refractivity contribution < 1.29 is 0 Å². The Hall–Kier alpha value is -0.830. The Balaban J connectivity index is 2.32. The average molecular weight is 209 g/mol. The van der Waals surface area contributed by atoms with E-state index < -0.39 is 0 Å². The zero-order valence-electron chi connectivity index (χ0n) is 10.00. The molecule has 0 aliphatic carbocycles. The molecule has 0 aliphatic heterocycles. The molecule has 3 heteroatoms. The van der Waals surface area contributed by atoms with Crippen LogP contribution in [0.4, 0.5) is 0 Å². The molecule has 0 bridgehead atoms. The Morgan fingerprint density at radius 1 is 1.27 bits per heavy atom. The third-order valence-corrected chi connectivity index (χ3v) is 2.53. The molecule has 0 amide bonds. The van der Waals surface area contributed by atoms with Gasteiger partial charge in [-0.1, -0.05) is 26.7 Å². The van der Waals surface area contributed by atoms with Crippen molar-refractivity contribution in [1.29, 1.82) is 0 Å². The minimum absolute atomic E-state index is 0.944. The third kappa shape index (κ3) is 4.47. The summed E-state index contributed by atoms with van der Waals surface area (Å²) in [7, 11) is 0. The summed E-state index contributed by atoms with van der Waals surface area (Å²) in [6.07, 6.45) is 8.93. The third-order valence-electron chi connectivity index (χ3n) is 2.53. The summed E-state index contributed by atoms with van der Waals surface area (Å²) in [5.74, 6) is 0. The van der Waals surface area contributed by atoms with Gasteiger partial charge < -0.3 is 9.88 Å². The van der Waals surface area contributed by atoms with Gasteiger partial charge in [0.15, 0.2) is 0 Å². The van der Waals surface area contributed by atoms with Gasteiger partial charge in [-0.05, 0) is 19.4 Å². The van der Waals surface area contributed by atoms with Crippen LogP contribution in [0.15, 0.2) is 12.5 Å². The number of nitrogens with one attached hydrogen (secondary N) is 1. The van der Waals surface area contributed by atoms with Crippen LogP contribution in [0, 0.1) is 0 Å². The van der Waals surface area contributed by atoms with Gasteiger partial charge in [0.05, 0.1) is 12.0 Å². The Labute approximate surface area is 92.9 Å². The van der Waals surface area contributed by atoms with E-state index in [4.69, 9.17) is 0 Å². The van der Waals surface area contributed by atoms with Gasteiger partial charge in [0.2, 0.25) is 0 Å². The predicted octanol–water partition coefficient (Wildman–Crippen LogP) is 2.57. The molecule has 0 radical (unpaired) electrons. The smallest absolute Gasteiger partial charge is 0.0948 e. The minimum Gasteiger partial charge on any atom is -0.333 e. The van der Waals surface area contributed by atoms with Gasteiger partial charge in [0.1, 0.15) is 0 Å². The van der Waals surface area contributed by atoms with E-state index in [-0.39, 0.29) is 0 Å². The van der Waals surface area contributed by atoms with E-state index in [1.54, 1.807) is 0 Å². The summed E-state index contributed by atoms with van der Waals surface area (Å²) in [5.41, 5.74) is 1.31. The van der Waals surface area contributed by atoms with Gasteiger partial charge in [0, 0.05) is 19.3 Å². The molecule has 0 saturated heterocycles. The molecule has 15 heavy (non-hydrogen) atoms. The van der Waals surface area contributed by atoms with E-state index in [9.17, 15) is 0 Å². The molecular formula is C12H23N3. The maximum absolute atomic E-state index is 4.20. The maximum atomic E-state index is 4.20. The van der Waals surface area contributed by atoms with Gasteiger partial charge >= 0.3 is 0 Å². The molecule has 0 fully saturated rings. The summed E-state index contributed by atoms with van der Waals surface area (Å²) >= 11 is 0. The SMILES string of the molecule is CCCCCn1cncc1CNCCC. The lowest BCUT2D eigenvalue weighted by Crippen LogP contribution is -2.16. The summed E-state index contributed by atoms with van der Waals surface area (Å²) < 4.78 is 2.26. The van der Waals surface area contributed by atoms with Crippen LogP contribution in [0.2, 0.25) is 0 Å². The highest BCUT2D eigenvalue weighted by Gasteiger charge is 2.00. The van der Waals surface area contributed by atoms with Crippen LogP contribution in [0.25, 0.3) is 0 Å². The first-order valence-electron chi connectivity index (χ1n) is 6.08. The molecule has 0 unspecified atom stereocenters. The molecule has 0 aromatic carbocycles. The number of hydrogen-bond acceptors (Lipinski definition) is 2. The lowest BCUT2D eigenvalue weighted by molar-refractivity contribution is 0.563. The molecule has 1 N–H and O–H groups in total. The van der Waals surface area contributed by atoms with Crippen molar-refractivity contribution in [3.63, 3.8) is 0 Å². The molecule has 1 aromatic heterocycles. The van der Waals surface area contributed by atoms with Crippen molar-refractivity contribution >= 4 is 0 Å². The fourth-order valence-corrected chi connectivity index (χ4v) is 1.62. The minimum atomic E-state index is 0.944. The topological polar surface area (TPSA) is 29.9 Å². The molecule has 86 valence electrons. The number of aryl methyl sites for hydroxylation is 1. The Morgan fingerprint density at radius 2 is 2.13 bits per heavy atom. The normalized spacial score (nSPS) is 10.8. The fourth-order valence-electron chi connectivity index (χ4n) is 1.62. The van der Waals surface area contributed by atoms with E-state index in [2.05, 4.69) is 28.7 Å². The van der Waals surface area contributed by atoms with E-state index in [1.807, 2.05) is 12.5 Å². The van der Waals surface area contributed by atoms with Crippen molar-refractivity contribution in [3.8, 4) is 0 Å². The summed E-state index contributed by atoms with van der Waals surface area (Å²) in [4.78, 5) is 4.20. The molecule has 0 spiro atoms. The Kier molecular flexibility index (Phi) is 6.09. The number of unbranched alkanes of at least 4 members (excludes halogenated alkanes) is 2. The first kappa shape index (κ1) is 12.2. The fraction of sp³-hybridized carbons (Fsp3) is 0.750. The van der Waals surface area contributed by atoms with Crippen molar-refractivity contribution in [2.75, 3.05) is 6.54 Å². The zero-order valence-corrected chi connectivity index (χ0v) is 10.00. The van der Waals surface area contributed by atoms with Gasteiger partial charge in [-0.25, -0.2) is 4.98 Å². The van der Waals surface area contributed by atoms with E-state index in [1.165, 1.54) is 31.4 Å². The number of hydrogen-bond donors (Lipinski definition) is 1. The summed E-state index contributed by atoms with van der Waals surface area (Å²) in [5, 5.41) is 3.41. The van der Waals surface area contributed by atoms with Gasteiger partial charge in [0.25, 0.3) is 0 Å². The van der Waals surface area contributed by atoms with Gasteiger partial charge in [-0.3, -0.25) is 0 Å². The van der Waals surface area contributed by atoms with E-state index >= 15 is 0 Å². The van der Waals surface area contributed by atoms with Crippen LogP contribution in [0.5, 0.6) is 0 Å². The van der Waals surface area contributed by atoms with Gasteiger partial charge in [-0.15, -0.1) is 0 Å². The number of rotatable bonds is 8. The molecule has 0 aliphatic rings. The largest absolute Gasteiger partial charge is 0.333 e. The second kappa shape index (κ2) is 7.46. The predicted molar refractivity (Wildman–Crippen MR) is 63.7 cm³/mol. The standard InChI is InChI=1S/C12H23N3/c1-3-5-6-8-15-11-14-10-12(15)9-13-7-4-2/h10-11,13H,3-9H2,1-2H3. The van der Waals surface area contributed by atoms with Crippen LogP contribution in [0.1, 0.15) is 45.2 Å². The van der Waals surface area contributed by atoms with Crippen molar-refractivity contribution in [2.45, 2.75) is 52.6 Å². The highest BCUT2D eigenvalue weighted by atomic mass is 15.1. The first-order chi connectivity index (χ1) is 7.38. The molecule has 0 saturated carbocycles. The lowest BCUT2D eigenvalue weighted by Gasteiger charge is -2.08. The Bertz CT molecular complexity index is 231. The molecular weight excluding hydrogens is 186 g/mol. The summed E-state index contributed by atoms with van der Waals surface area (Å²) in [6, 6.07) is 0. The first-order valence-corrected chi connectivity index (χ1v) is 6.08. The van der Waals surface area contributed by atoms with Crippen LogP contribution >= 0.6 is 0 Å². The second-order valence-electron chi connectivity index (χ2n) is 3.96. The van der Waals surface area contributed by atoms with Gasteiger partial charge in [-0.2, -0.15) is 0 Å². The van der Waals surface area contributed by atoms with E-state index in [0.29, 0.717) is 0 Å². The van der Waals surface area contributed by atoms with Crippen molar-refractivity contribution in [2.24, 2.45) is 0 Å². The Morgan fingerprint density at radius 3 is 2.87 bits per heavy atom. The van der Waals surface area contributed by atoms with Crippen LogP contribution in [-0.4, -0.2) is 16.1 Å². The molecule has 3 nitrogen and oxygen atoms in total. The number of imidazole rings is 1. The quantitative estimate of drug-likeness (QED) is 0.667. The number of nitrogens with zero attached hydrogens (tertiary/aromatic N) is 2. The molecule has 1 aromatic rings.